The lowest BCUT2D eigenvalue weighted by atomic mass is 10.0. The minimum absolute atomic E-state index is 0.614. The minimum atomic E-state index is 0.614. The molecule has 0 saturated heterocycles. The number of rotatable bonds is 4. The van der Waals surface area contributed by atoms with Crippen LogP contribution in [0.4, 0.5) is 0 Å². The molecule has 19 heavy (non-hydrogen) atoms. The number of fused-ring (bicyclic) bond motifs is 1. The van der Waals surface area contributed by atoms with Gasteiger partial charge in [0.15, 0.2) is 0 Å². The number of nitrogens with two attached hydrogens (primary N) is 1. The first kappa shape index (κ1) is 11.9. The molecule has 4 heteroatoms. The molecule has 2 N–H and O–H groups in total. The molecule has 3 aromatic rings. The standard InChI is InChI=1S/C15H16N4/c16-9-8-14-10-17-18-19(14)11-13-6-3-5-12-4-1-2-7-15(12)13/h1-7,10H,8-9,11,16H2. The zero-order chi connectivity index (χ0) is 13.1. The Kier molecular flexibility index (Phi) is 3.25. The molecule has 0 unspecified atom stereocenters. The van der Waals surface area contributed by atoms with Gasteiger partial charge < -0.3 is 5.73 Å². The lowest BCUT2D eigenvalue weighted by molar-refractivity contribution is 0.619. The molecule has 0 radical (unpaired) electrons. The molecule has 4 nitrogen and oxygen atoms in total. The van der Waals surface area contributed by atoms with Crippen LogP contribution in [0, 0.1) is 0 Å². The summed E-state index contributed by atoms with van der Waals surface area (Å²) in [5.41, 5.74) is 7.93. The lowest BCUT2D eigenvalue weighted by Crippen LogP contribution is -2.11. The van der Waals surface area contributed by atoms with Crippen LogP contribution < -0.4 is 5.73 Å². The maximum absolute atomic E-state index is 5.60. The van der Waals surface area contributed by atoms with Gasteiger partial charge in [-0.05, 0) is 22.9 Å². The maximum Gasteiger partial charge on any atom is 0.0725 e. The summed E-state index contributed by atoms with van der Waals surface area (Å²) in [7, 11) is 0. The van der Waals surface area contributed by atoms with Crippen molar-refractivity contribution >= 4 is 10.8 Å². The normalized spacial score (nSPS) is 11.0. The molecule has 1 heterocycles. The predicted octanol–water partition coefficient (Wildman–Crippen LogP) is 1.98. The first-order valence-corrected chi connectivity index (χ1v) is 6.42. The minimum Gasteiger partial charge on any atom is -0.330 e. The first-order valence-electron chi connectivity index (χ1n) is 6.42. The van der Waals surface area contributed by atoms with Crippen LogP contribution in [0.25, 0.3) is 10.8 Å². The van der Waals surface area contributed by atoms with E-state index in [9.17, 15) is 0 Å². The van der Waals surface area contributed by atoms with E-state index in [0.717, 1.165) is 18.7 Å². The smallest absolute Gasteiger partial charge is 0.0725 e. The van der Waals surface area contributed by atoms with Crippen molar-refractivity contribution in [2.45, 2.75) is 13.0 Å². The Morgan fingerprint density at radius 3 is 2.79 bits per heavy atom. The molecule has 3 rings (SSSR count). The van der Waals surface area contributed by atoms with Crippen molar-refractivity contribution in [2.24, 2.45) is 5.73 Å². The van der Waals surface area contributed by atoms with E-state index in [0.29, 0.717) is 6.54 Å². The van der Waals surface area contributed by atoms with Gasteiger partial charge >= 0.3 is 0 Å². The fourth-order valence-electron chi connectivity index (χ4n) is 2.35. The Morgan fingerprint density at radius 2 is 1.89 bits per heavy atom. The fraction of sp³-hybridized carbons (Fsp3) is 0.200. The van der Waals surface area contributed by atoms with E-state index in [2.05, 4.69) is 52.8 Å². The molecule has 0 spiro atoms. The second-order valence-corrected chi connectivity index (χ2v) is 4.56. The summed E-state index contributed by atoms with van der Waals surface area (Å²) in [5, 5.41) is 10.6. The van der Waals surface area contributed by atoms with E-state index in [1.54, 1.807) is 6.20 Å². The molecule has 0 saturated carbocycles. The molecule has 0 atom stereocenters. The van der Waals surface area contributed by atoms with Gasteiger partial charge in [0, 0.05) is 6.42 Å². The number of hydrogen-bond acceptors (Lipinski definition) is 3. The highest BCUT2D eigenvalue weighted by atomic mass is 15.4. The Bertz CT molecular complexity index is 682. The van der Waals surface area contributed by atoms with Gasteiger partial charge in [0.25, 0.3) is 0 Å². The Balaban J connectivity index is 1.99. The Labute approximate surface area is 111 Å². The van der Waals surface area contributed by atoms with Gasteiger partial charge in [0.2, 0.25) is 0 Å². The zero-order valence-corrected chi connectivity index (χ0v) is 10.7. The van der Waals surface area contributed by atoms with Gasteiger partial charge in [-0.25, -0.2) is 4.68 Å². The summed E-state index contributed by atoms with van der Waals surface area (Å²) in [6, 6.07) is 14.7. The van der Waals surface area contributed by atoms with Crippen molar-refractivity contribution in [3.8, 4) is 0 Å². The Hall–Kier alpha value is -2.20. The van der Waals surface area contributed by atoms with Crippen molar-refractivity contribution in [1.82, 2.24) is 15.0 Å². The van der Waals surface area contributed by atoms with Crippen LogP contribution in [0.15, 0.2) is 48.7 Å². The molecular formula is C15H16N4. The average molecular weight is 252 g/mol. The second kappa shape index (κ2) is 5.20. The third kappa shape index (κ3) is 2.35. The number of aromatic nitrogens is 3. The number of hydrogen-bond donors (Lipinski definition) is 1. The average Bonchev–Trinajstić information content (AvgIpc) is 2.87. The lowest BCUT2D eigenvalue weighted by Gasteiger charge is -2.08. The molecule has 0 bridgehead atoms. The van der Waals surface area contributed by atoms with E-state index in [4.69, 9.17) is 5.73 Å². The Morgan fingerprint density at radius 1 is 1.05 bits per heavy atom. The predicted molar refractivity (Wildman–Crippen MR) is 75.8 cm³/mol. The number of nitrogens with zero attached hydrogens (tertiary/aromatic N) is 3. The van der Waals surface area contributed by atoms with Crippen LogP contribution in [-0.4, -0.2) is 21.5 Å². The van der Waals surface area contributed by atoms with Crippen molar-refractivity contribution in [3.63, 3.8) is 0 Å². The SMILES string of the molecule is NCCc1cnnn1Cc1cccc2ccccc12. The van der Waals surface area contributed by atoms with E-state index < -0.39 is 0 Å². The summed E-state index contributed by atoms with van der Waals surface area (Å²) in [4.78, 5) is 0. The quantitative estimate of drug-likeness (QED) is 0.772. The van der Waals surface area contributed by atoms with Gasteiger partial charge in [-0.3, -0.25) is 0 Å². The van der Waals surface area contributed by atoms with Crippen LogP contribution in [-0.2, 0) is 13.0 Å². The van der Waals surface area contributed by atoms with Gasteiger partial charge in [-0.2, -0.15) is 0 Å². The second-order valence-electron chi connectivity index (χ2n) is 4.56. The molecule has 1 aromatic heterocycles. The molecular weight excluding hydrogens is 236 g/mol. The van der Waals surface area contributed by atoms with Crippen molar-refractivity contribution < 1.29 is 0 Å². The van der Waals surface area contributed by atoms with E-state index >= 15 is 0 Å². The van der Waals surface area contributed by atoms with Crippen molar-refractivity contribution in [3.05, 3.63) is 59.9 Å². The van der Waals surface area contributed by atoms with Crippen LogP contribution >= 0.6 is 0 Å². The molecule has 96 valence electrons. The van der Waals surface area contributed by atoms with Crippen LogP contribution in [0.1, 0.15) is 11.3 Å². The topological polar surface area (TPSA) is 56.7 Å². The largest absolute Gasteiger partial charge is 0.330 e. The third-order valence-electron chi connectivity index (χ3n) is 3.30. The first-order chi connectivity index (χ1) is 9.38. The van der Waals surface area contributed by atoms with E-state index in [-0.39, 0.29) is 0 Å². The summed E-state index contributed by atoms with van der Waals surface area (Å²) in [5.74, 6) is 0. The highest BCUT2D eigenvalue weighted by molar-refractivity contribution is 5.85. The number of benzene rings is 2. The highest BCUT2D eigenvalue weighted by Crippen LogP contribution is 2.19. The van der Waals surface area contributed by atoms with Crippen LogP contribution in [0.2, 0.25) is 0 Å². The van der Waals surface area contributed by atoms with Gasteiger partial charge in [-0.1, -0.05) is 47.7 Å². The van der Waals surface area contributed by atoms with E-state index in [1.165, 1.54) is 16.3 Å². The van der Waals surface area contributed by atoms with Gasteiger partial charge in [-0.15, -0.1) is 5.10 Å². The van der Waals surface area contributed by atoms with Crippen LogP contribution in [0.3, 0.4) is 0 Å². The van der Waals surface area contributed by atoms with Crippen molar-refractivity contribution in [2.75, 3.05) is 6.54 Å². The molecule has 0 fully saturated rings. The summed E-state index contributed by atoms with van der Waals surface area (Å²) < 4.78 is 1.93. The highest BCUT2D eigenvalue weighted by Gasteiger charge is 2.06. The monoisotopic (exact) mass is 252 g/mol. The molecule has 0 aliphatic heterocycles. The molecule has 0 aliphatic rings. The molecule has 0 aliphatic carbocycles. The summed E-state index contributed by atoms with van der Waals surface area (Å²) >= 11 is 0. The van der Waals surface area contributed by atoms with Gasteiger partial charge in [0.1, 0.15) is 0 Å². The summed E-state index contributed by atoms with van der Waals surface area (Å²) in [6.45, 7) is 1.35. The van der Waals surface area contributed by atoms with Crippen molar-refractivity contribution in [1.29, 1.82) is 0 Å². The van der Waals surface area contributed by atoms with Gasteiger partial charge in [0.05, 0.1) is 18.4 Å². The van der Waals surface area contributed by atoms with Crippen LogP contribution in [0.5, 0.6) is 0 Å². The van der Waals surface area contributed by atoms with E-state index in [1.807, 2.05) is 4.68 Å². The molecule has 0 amide bonds. The fourth-order valence-corrected chi connectivity index (χ4v) is 2.35. The summed E-state index contributed by atoms with van der Waals surface area (Å²) in [6.07, 6.45) is 2.59. The molecule has 2 aromatic carbocycles. The third-order valence-corrected chi connectivity index (χ3v) is 3.30. The zero-order valence-electron chi connectivity index (χ0n) is 10.7. The maximum atomic E-state index is 5.60.